The summed E-state index contributed by atoms with van der Waals surface area (Å²) in [5, 5.41) is 0.349. The number of hydrogen-bond acceptors (Lipinski definition) is 4. The molecule has 0 amide bonds. The third-order valence-corrected chi connectivity index (χ3v) is 6.49. The quantitative estimate of drug-likeness (QED) is 0.898. The Kier molecular flexibility index (Phi) is 4.97. The molecule has 0 atom stereocenters. The lowest BCUT2D eigenvalue weighted by molar-refractivity contribution is 0.267. The molecule has 21 heavy (non-hydrogen) atoms. The van der Waals surface area contributed by atoms with Crippen LogP contribution in [0.5, 0.6) is 0 Å². The smallest absolute Gasteiger partial charge is 0.260 e. The largest absolute Gasteiger partial charge is 0.328 e. The van der Waals surface area contributed by atoms with Crippen molar-refractivity contribution in [1.82, 2.24) is 13.9 Å². The molecule has 0 aromatic carbocycles. The van der Waals surface area contributed by atoms with Crippen LogP contribution in [0.3, 0.4) is 0 Å². The number of hydrogen-bond donors (Lipinski definition) is 1. The fraction of sp³-hybridized carbons (Fsp3) is 0.769. The second-order valence-electron chi connectivity index (χ2n) is 5.86. The van der Waals surface area contributed by atoms with Crippen molar-refractivity contribution in [1.29, 1.82) is 0 Å². The van der Waals surface area contributed by atoms with Gasteiger partial charge in [0.1, 0.15) is 5.82 Å². The zero-order valence-corrected chi connectivity index (χ0v) is 13.9. The first-order chi connectivity index (χ1) is 9.50. The van der Waals surface area contributed by atoms with Crippen LogP contribution in [0.15, 0.2) is 11.2 Å². The summed E-state index contributed by atoms with van der Waals surface area (Å²) in [6.07, 6.45) is 6.85. The Bertz CT molecular complexity index is 593. The average molecular weight is 335 g/mol. The van der Waals surface area contributed by atoms with E-state index < -0.39 is 10.0 Å². The second kappa shape index (κ2) is 6.24. The van der Waals surface area contributed by atoms with Gasteiger partial charge in [0.15, 0.2) is 5.03 Å². The van der Waals surface area contributed by atoms with Crippen LogP contribution in [0.25, 0.3) is 0 Å². The van der Waals surface area contributed by atoms with E-state index in [1.165, 1.54) is 10.5 Å². The van der Waals surface area contributed by atoms with Crippen molar-refractivity contribution in [3.63, 3.8) is 0 Å². The zero-order chi connectivity index (χ0) is 14.3. The summed E-state index contributed by atoms with van der Waals surface area (Å²) in [4.78, 5) is 4.24. The van der Waals surface area contributed by atoms with Crippen LogP contribution in [0.4, 0.5) is 0 Å². The lowest BCUT2D eigenvalue weighted by Crippen LogP contribution is -2.42. The molecule has 1 aromatic rings. The molecule has 2 N–H and O–H groups in total. The molecule has 0 bridgehead atoms. The number of fused-ring (bicyclic) bond motifs is 1. The van der Waals surface area contributed by atoms with E-state index in [2.05, 4.69) is 4.98 Å². The van der Waals surface area contributed by atoms with Gasteiger partial charge < -0.3 is 10.3 Å². The molecule has 1 aromatic heterocycles. The summed E-state index contributed by atoms with van der Waals surface area (Å²) in [5.74, 6) is 0.891. The summed E-state index contributed by atoms with van der Waals surface area (Å²) in [5.41, 5.74) is 5.89. The van der Waals surface area contributed by atoms with E-state index in [1.807, 2.05) is 4.57 Å². The molecule has 120 valence electrons. The van der Waals surface area contributed by atoms with E-state index in [-0.39, 0.29) is 24.5 Å². The Morgan fingerprint density at radius 3 is 2.67 bits per heavy atom. The minimum atomic E-state index is -3.45. The number of aromatic nitrogens is 2. The number of aryl methyl sites for hydroxylation is 1. The van der Waals surface area contributed by atoms with Gasteiger partial charge in [0.05, 0.1) is 6.20 Å². The van der Waals surface area contributed by atoms with Crippen molar-refractivity contribution < 1.29 is 8.42 Å². The van der Waals surface area contributed by atoms with Gasteiger partial charge in [-0.05, 0) is 32.1 Å². The van der Waals surface area contributed by atoms with E-state index in [0.29, 0.717) is 5.03 Å². The molecule has 1 fully saturated rings. The lowest BCUT2D eigenvalue weighted by Gasteiger charge is -2.32. The number of sulfonamides is 1. The van der Waals surface area contributed by atoms with Crippen molar-refractivity contribution >= 4 is 22.4 Å². The van der Waals surface area contributed by atoms with Crippen LogP contribution < -0.4 is 5.73 Å². The second-order valence-corrected chi connectivity index (χ2v) is 7.80. The zero-order valence-electron chi connectivity index (χ0n) is 12.2. The Labute approximate surface area is 132 Å². The standard InChI is InChI=1S/C13H22N4O2S.ClH/c1-16(11-6-4-10(14)5-7-11)20(18,19)13-9-15-12-3-2-8-17(12)13;/h9-11H,2-8,14H2,1H3;1H. The van der Waals surface area contributed by atoms with E-state index >= 15 is 0 Å². The van der Waals surface area contributed by atoms with E-state index in [9.17, 15) is 8.42 Å². The van der Waals surface area contributed by atoms with Crippen LogP contribution in [0, 0.1) is 0 Å². The van der Waals surface area contributed by atoms with Crippen LogP contribution in [0.2, 0.25) is 0 Å². The highest BCUT2D eigenvalue weighted by molar-refractivity contribution is 7.89. The predicted octanol–water partition coefficient (Wildman–Crippen LogP) is 1.14. The van der Waals surface area contributed by atoms with Crippen molar-refractivity contribution in [2.24, 2.45) is 5.73 Å². The summed E-state index contributed by atoms with van der Waals surface area (Å²) in [7, 11) is -1.76. The van der Waals surface area contributed by atoms with Gasteiger partial charge in [-0.15, -0.1) is 12.4 Å². The SMILES string of the molecule is CN(C1CCC(N)CC1)S(=O)(=O)c1cnc2n1CCC2.Cl. The van der Waals surface area contributed by atoms with Gasteiger partial charge in [0.25, 0.3) is 10.0 Å². The third-order valence-electron chi connectivity index (χ3n) is 4.58. The highest BCUT2D eigenvalue weighted by atomic mass is 35.5. The summed E-state index contributed by atoms with van der Waals surface area (Å²) in [6.45, 7) is 0.757. The molecule has 1 aliphatic heterocycles. The Morgan fingerprint density at radius 1 is 1.33 bits per heavy atom. The fourth-order valence-corrected chi connectivity index (χ4v) is 4.80. The first kappa shape index (κ1) is 16.7. The first-order valence-corrected chi connectivity index (χ1v) is 8.72. The number of rotatable bonds is 3. The third kappa shape index (κ3) is 2.97. The number of imidazole rings is 1. The van der Waals surface area contributed by atoms with Crippen molar-refractivity contribution in [3.8, 4) is 0 Å². The Morgan fingerprint density at radius 2 is 2.00 bits per heavy atom. The van der Waals surface area contributed by atoms with Crippen LogP contribution >= 0.6 is 12.4 Å². The van der Waals surface area contributed by atoms with Crippen LogP contribution in [-0.2, 0) is 23.0 Å². The maximum atomic E-state index is 12.8. The monoisotopic (exact) mass is 334 g/mol. The molecule has 0 spiro atoms. The van der Waals surface area contributed by atoms with Gasteiger partial charge >= 0.3 is 0 Å². The van der Waals surface area contributed by atoms with Gasteiger partial charge in [0, 0.05) is 32.1 Å². The average Bonchev–Trinajstić information content (AvgIpc) is 3.00. The summed E-state index contributed by atoms with van der Waals surface area (Å²) in [6, 6.07) is 0.286. The Balaban J connectivity index is 0.00000161. The topological polar surface area (TPSA) is 81.2 Å². The molecule has 0 saturated heterocycles. The van der Waals surface area contributed by atoms with Crippen molar-refractivity contribution in [2.75, 3.05) is 7.05 Å². The highest BCUT2D eigenvalue weighted by Crippen LogP contribution is 2.28. The van der Waals surface area contributed by atoms with Gasteiger partial charge in [-0.25, -0.2) is 13.4 Å². The first-order valence-electron chi connectivity index (χ1n) is 7.28. The summed E-state index contributed by atoms with van der Waals surface area (Å²) < 4.78 is 28.9. The fourth-order valence-electron chi connectivity index (χ4n) is 3.25. The van der Waals surface area contributed by atoms with E-state index in [1.54, 1.807) is 7.05 Å². The highest BCUT2D eigenvalue weighted by Gasteiger charge is 2.34. The van der Waals surface area contributed by atoms with Crippen LogP contribution in [-0.4, -0.2) is 41.4 Å². The summed E-state index contributed by atoms with van der Waals surface area (Å²) >= 11 is 0. The van der Waals surface area contributed by atoms with Gasteiger partial charge in [-0.3, -0.25) is 0 Å². The molecule has 1 aliphatic carbocycles. The Hall–Kier alpha value is -0.630. The van der Waals surface area contributed by atoms with Gasteiger partial charge in [-0.2, -0.15) is 4.31 Å². The molecule has 6 nitrogen and oxygen atoms in total. The molecule has 8 heteroatoms. The molecule has 1 saturated carbocycles. The molecule has 0 unspecified atom stereocenters. The van der Waals surface area contributed by atoms with E-state index in [0.717, 1.165) is 50.9 Å². The van der Waals surface area contributed by atoms with E-state index in [4.69, 9.17) is 5.73 Å². The normalized spacial score (nSPS) is 25.7. The molecular weight excluding hydrogens is 312 g/mol. The van der Waals surface area contributed by atoms with Crippen molar-refractivity contribution in [3.05, 3.63) is 12.0 Å². The van der Waals surface area contributed by atoms with Gasteiger partial charge in [0.2, 0.25) is 0 Å². The van der Waals surface area contributed by atoms with Gasteiger partial charge in [-0.1, -0.05) is 0 Å². The van der Waals surface area contributed by atoms with Crippen LogP contribution in [0.1, 0.15) is 37.9 Å². The molecular formula is C13H23ClN4O2S. The lowest BCUT2D eigenvalue weighted by atomic mass is 9.92. The molecule has 2 aliphatic rings. The van der Waals surface area contributed by atoms with Crippen molar-refractivity contribution in [2.45, 2.75) is 62.2 Å². The minimum absolute atomic E-state index is 0. The number of nitrogens with two attached hydrogens (primary N) is 1. The molecule has 2 heterocycles. The molecule has 3 rings (SSSR count). The minimum Gasteiger partial charge on any atom is -0.328 e. The number of halogens is 1. The maximum Gasteiger partial charge on any atom is 0.260 e. The predicted molar refractivity (Wildman–Crippen MR) is 83.0 cm³/mol. The molecule has 0 radical (unpaired) electrons. The maximum absolute atomic E-state index is 12.8. The number of nitrogens with zero attached hydrogens (tertiary/aromatic N) is 3.